The monoisotopic (exact) mass is 595 g/mol. The van der Waals surface area contributed by atoms with E-state index >= 15 is 0 Å². The van der Waals surface area contributed by atoms with E-state index in [1.165, 1.54) is 42.2 Å². The maximum Gasteiger partial charge on any atom is 0.135 e. The lowest BCUT2D eigenvalue weighted by Gasteiger charge is -2.16. The van der Waals surface area contributed by atoms with Crippen molar-refractivity contribution in [1.29, 1.82) is 0 Å². The van der Waals surface area contributed by atoms with Gasteiger partial charge < -0.3 is 14.3 Å². The average molecular weight is 596 g/mol. The summed E-state index contributed by atoms with van der Waals surface area (Å²) < 4.78 is 11.1. The maximum absolute atomic E-state index is 6.13. The van der Waals surface area contributed by atoms with Gasteiger partial charge in [-0.3, -0.25) is 4.98 Å². The number of benzene rings is 5. The molecule has 9 aromatic rings. The molecule has 5 aromatic carbocycles. The fourth-order valence-electron chi connectivity index (χ4n) is 7.00. The molecule has 1 N–H and O–H groups in total. The number of rotatable bonds is 3. The average Bonchev–Trinajstić information content (AvgIpc) is 3.77. The summed E-state index contributed by atoms with van der Waals surface area (Å²) in [5.74, 6) is 0. The third-order valence-corrected chi connectivity index (χ3v) is 10.3. The van der Waals surface area contributed by atoms with Gasteiger partial charge in [-0.15, -0.1) is 11.3 Å². The third kappa shape index (κ3) is 3.74. The molecule has 5 heteroatoms. The zero-order valence-corrected chi connectivity index (χ0v) is 24.9. The highest BCUT2D eigenvalue weighted by atomic mass is 32.1. The normalized spacial score (nSPS) is 14.9. The van der Waals surface area contributed by atoms with Gasteiger partial charge in [-0.25, -0.2) is 0 Å². The maximum atomic E-state index is 6.13. The summed E-state index contributed by atoms with van der Waals surface area (Å²) in [4.78, 5) is 4.53. The number of nitrogens with one attached hydrogen (secondary N) is 1. The lowest BCUT2D eigenvalue weighted by Crippen LogP contribution is -2.14. The van der Waals surface area contributed by atoms with Crippen LogP contribution in [0.3, 0.4) is 0 Å². The molecule has 5 heterocycles. The summed E-state index contributed by atoms with van der Waals surface area (Å²) in [7, 11) is 0. The Morgan fingerprint density at radius 1 is 0.644 bits per heavy atom. The lowest BCUT2D eigenvalue weighted by atomic mass is 9.99. The second-order valence-corrected chi connectivity index (χ2v) is 12.8. The number of pyridine rings is 1. The van der Waals surface area contributed by atoms with Crippen LogP contribution in [0, 0.1) is 0 Å². The van der Waals surface area contributed by atoms with Crippen molar-refractivity contribution in [2.24, 2.45) is 0 Å². The minimum absolute atomic E-state index is 0.193. The number of allylic oxidation sites excluding steroid dienone is 2. The highest BCUT2D eigenvalue weighted by molar-refractivity contribution is 7.25. The summed E-state index contributed by atoms with van der Waals surface area (Å²) in [6.45, 7) is 0. The molecule has 0 saturated carbocycles. The van der Waals surface area contributed by atoms with Gasteiger partial charge in [-0.1, -0.05) is 48.6 Å². The van der Waals surface area contributed by atoms with Gasteiger partial charge in [0.1, 0.15) is 11.2 Å². The first kappa shape index (κ1) is 24.8. The molecule has 0 amide bonds. The van der Waals surface area contributed by atoms with Gasteiger partial charge in [0.05, 0.1) is 17.1 Å². The first-order chi connectivity index (χ1) is 22.3. The Kier molecular flexibility index (Phi) is 5.18. The van der Waals surface area contributed by atoms with Crippen molar-refractivity contribution in [1.82, 2.24) is 14.9 Å². The Morgan fingerprint density at radius 3 is 2.36 bits per heavy atom. The Bertz CT molecular complexity index is 2700. The van der Waals surface area contributed by atoms with Crippen LogP contribution in [0.25, 0.3) is 80.7 Å². The number of nitrogens with zero attached hydrogens (tertiary/aromatic N) is 2. The number of hydrogen-bond donors (Lipinski definition) is 1. The number of dihydropyridines is 1. The molecule has 0 bridgehead atoms. The number of hydrogen-bond acceptors (Lipinski definition) is 4. The van der Waals surface area contributed by atoms with Crippen LogP contribution in [0.1, 0.15) is 11.6 Å². The minimum Gasteiger partial charge on any atom is -0.456 e. The van der Waals surface area contributed by atoms with Gasteiger partial charge in [0.2, 0.25) is 0 Å². The van der Waals surface area contributed by atoms with Crippen molar-refractivity contribution in [2.75, 3.05) is 0 Å². The molecule has 4 aromatic heterocycles. The fourth-order valence-corrected chi connectivity index (χ4v) is 8.06. The minimum atomic E-state index is 0.193. The molecule has 1 atom stereocenters. The second kappa shape index (κ2) is 9.42. The van der Waals surface area contributed by atoms with E-state index in [1.54, 1.807) is 0 Å². The van der Waals surface area contributed by atoms with E-state index in [0.29, 0.717) is 0 Å². The van der Waals surface area contributed by atoms with E-state index in [4.69, 9.17) is 4.42 Å². The summed E-state index contributed by atoms with van der Waals surface area (Å²) in [5, 5.41) is 10.6. The van der Waals surface area contributed by atoms with Crippen LogP contribution in [-0.4, -0.2) is 9.55 Å². The van der Waals surface area contributed by atoms with Crippen molar-refractivity contribution in [3.63, 3.8) is 0 Å². The van der Waals surface area contributed by atoms with Crippen LogP contribution in [0.2, 0.25) is 0 Å². The topological polar surface area (TPSA) is 43.0 Å². The molecule has 4 nitrogen and oxygen atoms in total. The van der Waals surface area contributed by atoms with Crippen LogP contribution >= 0.6 is 11.3 Å². The number of aromatic nitrogens is 2. The van der Waals surface area contributed by atoms with Crippen LogP contribution in [0.4, 0.5) is 0 Å². The quantitative estimate of drug-likeness (QED) is 0.221. The zero-order chi connectivity index (χ0) is 29.5. The molecule has 1 unspecified atom stereocenters. The highest BCUT2D eigenvalue weighted by Gasteiger charge is 2.17. The van der Waals surface area contributed by atoms with Gasteiger partial charge in [0, 0.05) is 59.8 Å². The molecule has 10 rings (SSSR count). The fraction of sp³-hybridized carbons (Fsp3) is 0.0250. The molecule has 0 saturated heterocycles. The van der Waals surface area contributed by atoms with Gasteiger partial charge in [-0.2, -0.15) is 0 Å². The highest BCUT2D eigenvalue weighted by Crippen LogP contribution is 2.40. The number of para-hydroxylation sites is 1. The van der Waals surface area contributed by atoms with Crippen molar-refractivity contribution < 1.29 is 4.42 Å². The van der Waals surface area contributed by atoms with E-state index in [2.05, 4.69) is 118 Å². The smallest absolute Gasteiger partial charge is 0.135 e. The first-order valence-electron chi connectivity index (χ1n) is 15.1. The van der Waals surface area contributed by atoms with Crippen molar-refractivity contribution in [3.05, 3.63) is 146 Å². The Labute approximate surface area is 262 Å². The molecule has 1 aliphatic heterocycles. The van der Waals surface area contributed by atoms with Gasteiger partial charge >= 0.3 is 0 Å². The van der Waals surface area contributed by atoms with Crippen molar-refractivity contribution in [2.45, 2.75) is 6.04 Å². The van der Waals surface area contributed by atoms with E-state index in [0.717, 1.165) is 44.0 Å². The Morgan fingerprint density at radius 2 is 1.44 bits per heavy atom. The van der Waals surface area contributed by atoms with Gasteiger partial charge in [0.15, 0.2) is 0 Å². The van der Waals surface area contributed by atoms with E-state index in [1.807, 2.05) is 48.1 Å². The molecule has 0 radical (unpaired) electrons. The predicted octanol–water partition coefficient (Wildman–Crippen LogP) is 10.8. The largest absolute Gasteiger partial charge is 0.456 e. The second-order valence-electron chi connectivity index (χ2n) is 11.7. The van der Waals surface area contributed by atoms with E-state index in [-0.39, 0.29) is 6.04 Å². The Hall–Kier alpha value is -5.65. The Balaban J connectivity index is 1.13. The molecular formula is C40H25N3OS. The molecule has 0 spiro atoms. The summed E-state index contributed by atoms with van der Waals surface area (Å²) in [5.41, 5.74) is 8.89. The summed E-state index contributed by atoms with van der Waals surface area (Å²) >= 11 is 1.86. The standard InChI is InChI=1S/C40H25N3OS/c1-2-7-37-28(5-1)30-22-27(11-13-38(30)44-37)43-35-12-8-24(19-29(35)33-23-41-18-16-36(33)43)25-9-14-39-31(20-25)32-21-26(10-15-40(32)45-39)34-6-3-4-17-42-34/h1-23,34,42H. The van der Waals surface area contributed by atoms with Crippen LogP contribution in [-0.2, 0) is 0 Å². The first-order valence-corrected chi connectivity index (χ1v) is 16.0. The number of thiophene rings is 1. The molecule has 1 aliphatic rings. The number of fused-ring (bicyclic) bond motifs is 9. The van der Waals surface area contributed by atoms with Crippen LogP contribution in [0.5, 0.6) is 0 Å². The lowest BCUT2D eigenvalue weighted by molar-refractivity contribution is 0.669. The molecule has 0 fully saturated rings. The molecule has 45 heavy (non-hydrogen) atoms. The summed E-state index contributed by atoms with van der Waals surface area (Å²) in [6.07, 6.45) is 12.2. The van der Waals surface area contributed by atoms with Crippen LogP contribution < -0.4 is 5.32 Å². The van der Waals surface area contributed by atoms with E-state index < -0.39 is 0 Å². The predicted molar refractivity (Wildman–Crippen MR) is 188 cm³/mol. The molecule has 0 aliphatic carbocycles. The SMILES string of the molecule is C1=CNC(c2ccc3sc4ccc(-c5ccc6c(c5)c5cnccc5n6-c5ccc6oc7ccccc7c6c5)cc4c3c2)C=C1. The van der Waals surface area contributed by atoms with Gasteiger partial charge in [-0.05, 0) is 95.7 Å². The van der Waals surface area contributed by atoms with Crippen molar-refractivity contribution >= 4 is 75.3 Å². The third-order valence-electron chi connectivity index (χ3n) is 9.16. The summed E-state index contributed by atoms with van der Waals surface area (Å²) in [6, 6.07) is 37.6. The molecule has 212 valence electrons. The zero-order valence-electron chi connectivity index (χ0n) is 24.1. The van der Waals surface area contributed by atoms with E-state index in [9.17, 15) is 0 Å². The number of furan rings is 1. The van der Waals surface area contributed by atoms with Crippen molar-refractivity contribution in [3.8, 4) is 16.8 Å². The van der Waals surface area contributed by atoms with Crippen LogP contribution in [0.15, 0.2) is 144 Å². The van der Waals surface area contributed by atoms with Gasteiger partial charge in [0.25, 0.3) is 0 Å². The molecular weight excluding hydrogens is 571 g/mol.